The van der Waals surface area contributed by atoms with Crippen molar-refractivity contribution in [3.05, 3.63) is 66.5 Å². The van der Waals surface area contributed by atoms with E-state index >= 15 is 0 Å². The topological polar surface area (TPSA) is 139 Å². The highest BCUT2D eigenvalue weighted by Gasteiger charge is 2.40. The third kappa shape index (κ3) is 7.64. The number of aliphatic carboxylic acids is 1. The molecule has 0 aliphatic carbocycles. The van der Waals surface area contributed by atoms with Crippen LogP contribution in [0.5, 0.6) is 5.75 Å². The molecule has 0 saturated carbocycles. The van der Waals surface area contributed by atoms with Gasteiger partial charge in [0.05, 0.1) is 18.8 Å². The van der Waals surface area contributed by atoms with E-state index in [9.17, 15) is 19.8 Å². The number of carbonyl (C=O) groups is 2. The Morgan fingerprint density at radius 3 is 2.27 bits per heavy atom. The van der Waals surface area contributed by atoms with Crippen molar-refractivity contribution in [1.29, 1.82) is 0 Å². The zero-order valence-corrected chi connectivity index (χ0v) is 22.9. The van der Waals surface area contributed by atoms with Gasteiger partial charge >= 0.3 is 5.97 Å². The van der Waals surface area contributed by atoms with Crippen molar-refractivity contribution in [1.82, 2.24) is 14.9 Å². The number of carbonyl (C=O) groups excluding carboxylic acids is 1. The fourth-order valence-electron chi connectivity index (χ4n) is 4.90. The number of amides is 1. The second-order valence-electron chi connectivity index (χ2n) is 10.3. The minimum atomic E-state index is -1.14. The highest BCUT2D eigenvalue weighted by Crippen LogP contribution is 2.24. The minimum Gasteiger partial charge on any atom is -0.494 e. The van der Waals surface area contributed by atoms with Gasteiger partial charge in [0.15, 0.2) is 5.82 Å². The monoisotopic (exact) mass is 546 g/mol. The Morgan fingerprint density at radius 1 is 0.975 bits per heavy atom. The quantitative estimate of drug-likeness (QED) is 0.273. The van der Waals surface area contributed by atoms with Gasteiger partial charge in [0, 0.05) is 36.5 Å². The number of nitrogens with zero attached hydrogens (tertiary/aromatic N) is 3. The van der Waals surface area contributed by atoms with Crippen LogP contribution in [-0.4, -0.2) is 68.3 Å². The average molecular weight is 547 g/mol. The summed E-state index contributed by atoms with van der Waals surface area (Å²) in [5.74, 6) is -0.178. The first-order valence-electron chi connectivity index (χ1n) is 14.0. The molecule has 3 atom stereocenters. The second kappa shape index (κ2) is 14.0. The van der Waals surface area contributed by atoms with Gasteiger partial charge in [0.25, 0.3) is 0 Å². The molecule has 1 aliphatic heterocycles. The number of hydrogen-bond donors (Lipinski definition) is 3. The Kier molecular flexibility index (Phi) is 10.2. The number of unbranched alkanes of at least 4 members (excludes halogenated alkanes) is 4. The number of carboxylic acid groups (broad SMARTS) is 1. The van der Waals surface area contributed by atoms with Gasteiger partial charge in [-0.3, -0.25) is 4.79 Å². The molecule has 0 bridgehead atoms. The number of aliphatic hydroxyl groups is 1. The summed E-state index contributed by atoms with van der Waals surface area (Å²) in [5, 5.41) is 19.2. The predicted octanol–water partition coefficient (Wildman–Crippen LogP) is 4.08. The minimum absolute atomic E-state index is 0.0141. The number of carboxylic acids is 1. The molecule has 1 aliphatic rings. The number of aliphatic hydroxyl groups excluding tert-OH is 1. The molecule has 3 aromatic rings. The van der Waals surface area contributed by atoms with Gasteiger partial charge < -0.3 is 25.6 Å². The van der Waals surface area contributed by atoms with Gasteiger partial charge in [-0.2, -0.15) is 0 Å². The van der Waals surface area contributed by atoms with Crippen molar-refractivity contribution >= 4 is 11.9 Å². The van der Waals surface area contributed by atoms with Crippen molar-refractivity contribution < 1.29 is 24.5 Å². The lowest BCUT2D eigenvalue weighted by molar-refractivity contribution is -0.148. The van der Waals surface area contributed by atoms with E-state index in [4.69, 9.17) is 10.5 Å². The molecule has 4 N–H and O–H groups in total. The Balaban J connectivity index is 1.30. The van der Waals surface area contributed by atoms with Crippen LogP contribution in [0, 0.1) is 0 Å². The van der Waals surface area contributed by atoms with Gasteiger partial charge in [0.2, 0.25) is 5.91 Å². The van der Waals surface area contributed by atoms with Crippen molar-refractivity contribution in [3.63, 3.8) is 0 Å². The summed E-state index contributed by atoms with van der Waals surface area (Å²) in [6.07, 6.45) is 9.03. The first kappa shape index (κ1) is 29.2. The summed E-state index contributed by atoms with van der Waals surface area (Å²) < 4.78 is 5.85. The van der Waals surface area contributed by atoms with E-state index in [1.807, 2.05) is 48.5 Å². The van der Waals surface area contributed by atoms with Crippen LogP contribution in [0.15, 0.2) is 60.9 Å². The first-order valence-corrected chi connectivity index (χ1v) is 14.0. The van der Waals surface area contributed by atoms with E-state index in [-0.39, 0.29) is 19.4 Å². The number of nitrogens with two attached hydrogens (primary N) is 1. The number of β-amino-alcohol motifs (C(OH)–C–C–N with tert-alkyl or cyclic N) is 1. The SMILES string of the molecule is CCCCCCCOc1ccc(-c2cnc(-c3ccc(C[C@H](N)C(=O)N4C[C@@H](O)C[C@H]4C(=O)O)cc3)nc2)cc1. The standard InChI is InChI=1S/C31H38N4O5/c1-2-3-4-5-6-15-40-26-13-11-22(12-14-26)24-18-33-29(34-19-24)23-9-7-21(8-10-23)16-27(32)30(37)35-20-25(36)17-28(35)31(38)39/h7-14,18-19,25,27-28,36H,2-6,15-17,20,32H2,1H3,(H,38,39)/t25-,27-,28-/m0/s1. The van der Waals surface area contributed by atoms with Crippen LogP contribution in [0.2, 0.25) is 0 Å². The average Bonchev–Trinajstić information content (AvgIpc) is 3.37. The summed E-state index contributed by atoms with van der Waals surface area (Å²) >= 11 is 0. The van der Waals surface area contributed by atoms with E-state index in [0.29, 0.717) is 5.82 Å². The molecule has 1 aromatic heterocycles. The van der Waals surface area contributed by atoms with Crippen LogP contribution in [-0.2, 0) is 16.0 Å². The van der Waals surface area contributed by atoms with Crippen LogP contribution >= 0.6 is 0 Å². The fourth-order valence-corrected chi connectivity index (χ4v) is 4.90. The molecule has 40 heavy (non-hydrogen) atoms. The number of hydrogen-bond acceptors (Lipinski definition) is 7. The van der Waals surface area contributed by atoms with Gasteiger partial charge in [0.1, 0.15) is 11.8 Å². The Bertz CT molecular complexity index is 1250. The van der Waals surface area contributed by atoms with Crippen molar-refractivity contribution in [3.8, 4) is 28.3 Å². The summed E-state index contributed by atoms with van der Waals surface area (Å²) in [7, 11) is 0. The van der Waals surface area contributed by atoms with E-state index in [0.717, 1.165) is 45.9 Å². The molecule has 0 spiro atoms. The van der Waals surface area contributed by atoms with Gasteiger partial charge in [-0.25, -0.2) is 14.8 Å². The number of ether oxygens (including phenoxy) is 1. The summed E-state index contributed by atoms with van der Waals surface area (Å²) in [6.45, 7) is 2.92. The summed E-state index contributed by atoms with van der Waals surface area (Å²) in [4.78, 5) is 34.4. The highest BCUT2D eigenvalue weighted by atomic mass is 16.5. The molecule has 1 saturated heterocycles. The normalized spacial score (nSPS) is 17.5. The van der Waals surface area contributed by atoms with E-state index in [1.165, 1.54) is 25.7 Å². The molecular weight excluding hydrogens is 508 g/mol. The van der Waals surface area contributed by atoms with Crippen molar-refractivity contribution in [2.45, 2.75) is 70.1 Å². The zero-order valence-electron chi connectivity index (χ0n) is 22.9. The van der Waals surface area contributed by atoms with E-state index in [1.54, 1.807) is 12.4 Å². The second-order valence-corrected chi connectivity index (χ2v) is 10.3. The Labute approximate surface area is 235 Å². The molecule has 0 radical (unpaired) electrons. The number of benzene rings is 2. The van der Waals surface area contributed by atoms with Crippen LogP contribution in [0.1, 0.15) is 51.0 Å². The molecule has 1 amide bonds. The van der Waals surface area contributed by atoms with Crippen molar-refractivity contribution in [2.24, 2.45) is 5.73 Å². The van der Waals surface area contributed by atoms with Crippen molar-refractivity contribution in [2.75, 3.05) is 13.2 Å². The molecule has 2 heterocycles. The smallest absolute Gasteiger partial charge is 0.326 e. The predicted molar refractivity (Wildman–Crippen MR) is 153 cm³/mol. The van der Waals surface area contributed by atoms with Gasteiger partial charge in [-0.15, -0.1) is 0 Å². The molecule has 2 aromatic carbocycles. The van der Waals surface area contributed by atoms with Crippen LogP contribution in [0.4, 0.5) is 0 Å². The molecule has 212 valence electrons. The van der Waals surface area contributed by atoms with E-state index < -0.39 is 30.1 Å². The lowest BCUT2D eigenvalue weighted by Crippen LogP contribution is -2.49. The molecular formula is C31H38N4O5. The van der Waals surface area contributed by atoms with E-state index in [2.05, 4.69) is 16.9 Å². The maximum Gasteiger partial charge on any atom is 0.326 e. The maximum absolute atomic E-state index is 12.8. The largest absolute Gasteiger partial charge is 0.494 e. The lowest BCUT2D eigenvalue weighted by Gasteiger charge is -2.24. The summed E-state index contributed by atoms with van der Waals surface area (Å²) in [5.41, 5.74) is 9.68. The molecule has 1 fully saturated rings. The third-order valence-corrected chi connectivity index (χ3v) is 7.19. The highest BCUT2D eigenvalue weighted by molar-refractivity contribution is 5.87. The molecule has 9 heteroatoms. The number of rotatable bonds is 13. The third-order valence-electron chi connectivity index (χ3n) is 7.19. The van der Waals surface area contributed by atoms with Crippen LogP contribution < -0.4 is 10.5 Å². The maximum atomic E-state index is 12.8. The van der Waals surface area contributed by atoms with Gasteiger partial charge in [-0.05, 0) is 36.1 Å². The van der Waals surface area contributed by atoms with Crippen LogP contribution in [0.25, 0.3) is 22.5 Å². The molecule has 4 rings (SSSR count). The first-order chi connectivity index (χ1) is 19.4. The molecule has 0 unspecified atom stereocenters. The van der Waals surface area contributed by atoms with Gasteiger partial charge in [-0.1, -0.05) is 69.0 Å². The van der Waals surface area contributed by atoms with Crippen LogP contribution in [0.3, 0.4) is 0 Å². The fraction of sp³-hybridized carbons (Fsp3) is 0.419. The number of likely N-dealkylation sites (tertiary alicyclic amines) is 1. The Morgan fingerprint density at radius 2 is 1.62 bits per heavy atom. The molecule has 9 nitrogen and oxygen atoms in total. The lowest BCUT2D eigenvalue weighted by atomic mass is 10.0. The Hall–Kier alpha value is -3.82. The summed E-state index contributed by atoms with van der Waals surface area (Å²) in [6, 6.07) is 13.4. The number of aromatic nitrogens is 2. The zero-order chi connectivity index (χ0) is 28.5.